The largest absolute Gasteiger partial charge is 0.335 e. The number of hydrogen-bond acceptors (Lipinski definition) is 4. The fraction of sp³-hybridized carbons (Fsp3) is 0.267. The Morgan fingerprint density at radius 3 is 2.45 bits per heavy atom. The van der Waals surface area contributed by atoms with E-state index in [1.165, 1.54) is 0 Å². The Kier molecular flexibility index (Phi) is 3.69. The van der Waals surface area contributed by atoms with E-state index in [9.17, 15) is 4.79 Å². The van der Waals surface area contributed by atoms with Crippen LogP contribution in [0.25, 0.3) is 11.3 Å². The van der Waals surface area contributed by atoms with Gasteiger partial charge in [0.25, 0.3) is 5.91 Å². The van der Waals surface area contributed by atoms with Crippen molar-refractivity contribution in [1.82, 2.24) is 20.2 Å². The third kappa shape index (κ3) is 2.67. The number of piperazine rings is 1. The predicted molar refractivity (Wildman–Crippen MR) is 76.2 cm³/mol. The third-order valence-corrected chi connectivity index (χ3v) is 3.34. The van der Waals surface area contributed by atoms with Gasteiger partial charge in [0.1, 0.15) is 5.69 Å². The molecule has 0 radical (unpaired) electrons. The van der Waals surface area contributed by atoms with Crippen LogP contribution in [-0.2, 0) is 0 Å². The van der Waals surface area contributed by atoms with Gasteiger partial charge >= 0.3 is 0 Å². The fourth-order valence-electron chi connectivity index (χ4n) is 2.23. The van der Waals surface area contributed by atoms with Crippen molar-refractivity contribution in [1.29, 1.82) is 0 Å². The van der Waals surface area contributed by atoms with Gasteiger partial charge in [0.05, 0.1) is 18.1 Å². The molecule has 20 heavy (non-hydrogen) atoms. The van der Waals surface area contributed by atoms with Crippen LogP contribution in [0.15, 0.2) is 42.7 Å². The number of carbonyl (C=O) groups excluding carboxylic acids is 1. The van der Waals surface area contributed by atoms with Crippen molar-refractivity contribution in [3.63, 3.8) is 0 Å². The van der Waals surface area contributed by atoms with E-state index in [2.05, 4.69) is 15.3 Å². The number of amides is 1. The summed E-state index contributed by atoms with van der Waals surface area (Å²) in [5, 5.41) is 3.22. The SMILES string of the molecule is O=C(c1cnc(-c2ccccc2)cn1)N1CCNCC1. The smallest absolute Gasteiger partial charge is 0.274 e. The topological polar surface area (TPSA) is 58.1 Å². The van der Waals surface area contributed by atoms with Crippen LogP contribution >= 0.6 is 0 Å². The van der Waals surface area contributed by atoms with Crippen molar-refractivity contribution >= 4 is 5.91 Å². The Labute approximate surface area is 117 Å². The van der Waals surface area contributed by atoms with Crippen molar-refractivity contribution < 1.29 is 4.79 Å². The van der Waals surface area contributed by atoms with Gasteiger partial charge in [-0.2, -0.15) is 0 Å². The first kappa shape index (κ1) is 12.7. The van der Waals surface area contributed by atoms with E-state index in [-0.39, 0.29) is 5.91 Å². The van der Waals surface area contributed by atoms with Gasteiger partial charge in [0, 0.05) is 31.7 Å². The highest BCUT2D eigenvalue weighted by molar-refractivity contribution is 5.92. The molecule has 5 nitrogen and oxygen atoms in total. The molecular formula is C15H16N4O. The Bertz CT molecular complexity index is 577. The van der Waals surface area contributed by atoms with Crippen LogP contribution in [0, 0.1) is 0 Å². The lowest BCUT2D eigenvalue weighted by Gasteiger charge is -2.26. The van der Waals surface area contributed by atoms with Crippen LogP contribution in [-0.4, -0.2) is 47.0 Å². The minimum absolute atomic E-state index is 0.0430. The molecule has 2 aromatic rings. The van der Waals surface area contributed by atoms with Gasteiger partial charge in [-0.05, 0) is 0 Å². The Morgan fingerprint density at radius 2 is 1.80 bits per heavy atom. The van der Waals surface area contributed by atoms with Crippen LogP contribution in [0.4, 0.5) is 0 Å². The van der Waals surface area contributed by atoms with Crippen LogP contribution < -0.4 is 5.32 Å². The zero-order chi connectivity index (χ0) is 13.8. The third-order valence-electron chi connectivity index (χ3n) is 3.34. The molecule has 5 heteroatoms. The van der Waals surface area contributed by atoms with Crippen molar-refractivity contribution in [3.05, 3.63) is 48.4 Å². The van der Waals surface area contributed by atoms with Gasteiger partial charge in [-0.1, -0.05) is 30.3 Å². The molecule has 0 bridgehead atoms. The normalized spacial score (nSPS) is 15.1. The first-order valence-electron chi connectivity index (χ1n) is 6.72. The number of aromatic nitrogens is 2. The maximum absolute atomic E-state index is 12.2. The van der Waals surface area contributed by atoms with E-state index in [1.54, 1.807) is 12.4 Å². The Balaban J connectivity index is 1.77. The molecule has 0 aliphatic carbocycles. The highest BCUT2D eigenvalue weighted by atomic mass is 16.2. The first-order valence-corrected chi connectivity index (χ1v) is 6.72. The maximum atomic E-state index is 12.2. The minimum Gasteiger partial charge on any atom is -0.335 e. The van der Waals surface area contributed by atoms with Crippen molar-refractivity contribution in [2.24, 2.45) is 0 Å². The number of hydrogen-bond donors (Lipinski definition) is 1. The molecule has 0 saturated carbocycles. The second kappa shape index (κ2) is 5.79. The summed E-state index contributed by atoms with van der Waals surface area (Å²) < 4.78 is 0. The van der Waals surface area contributed by atoms with Gasteiger partial charge in [0.15, 0.2) is 0 Å². The number of benzene rings is 1. The van der Waals surface area contributed by atoms with Gasteiger partial charge in [-0.3, -0.25) is 9.78 Å². The molecule has 2 heterocycles. The summed E-state index contributed by atoms with van der Waals surface area (Å²) in [6.45, 7) is 3.12. The zero-order valence-electron chi connectivity index (χ0n) is 11.1. The van der Waals surface area contributed by atoms with Crippen LogP contribution in [0.2, 0.25) is 0 Å². The summed E-state index contributed by atoms with van der Waals surface area (Å²) in [6, 6.07) is 9.82. The average molecular weight is 268 g/mol. The summed E-state index contributed by atoms with van der Waals surface area (Å²) in [4.78, 5) is 22.6. The quantitative estimate of drug-likeness (QED) is 0.889. The van der Waals surface area contributed by atoms with Crippen molar-refractivity contribution in [2.45, 2.75) is 0 Å². The summed E-state index contributed by atoms with van der Waals surface area (Å²) in [7, 11) is 0. The molecular weight excluding hydrogens is 252 g/mol. The standard InChI is InChI=1S/C15H16N4O/c20-15(19-8-6-16-7-9-19)14-11-17-13(10-18-14)12-4-2-1-3-5-12/h1-5,10-11,16H,6-9H2. The number of nitrogens with zero attached hydrogens (tertiary/aromatic N) is 3. The molecule has 0 unspecified atom stereocenters. The summed E-state index contributed by atoms with van der Waals surface area (Å²) in [5.74, 6) is -0.0430. The highest BCUT2D eigenvalue weighted by Crippen LogP contribution is 2.15. The van der Waals surface area contributed by atoms with Gasteiger partial charge in [-0.25, -0.2) is 4.98 Å². The van der Waals surface area contributed by atoms with E-state index >= 15 is 0 Å². The summed E-state index contributed by atoms with van der Waals surface area (Å²) >= 11 is 0. The minimum atomic E-state index is -0.0430. The summed E-state index contributed by atoms with van der Waals surface area (Å²) in [6.07, 6.45) is 3.22. The average Bonchev–Trinajstić information content (AvgIpc) is 2.56. The van der Waals surface area contributed by atoms with Gasteiger partial charge in [-0.15, -0.1) is 0 Å². The van der Waals surface area contributed by atoms with Crippen LogP contribution in [0.5, 0.6) is 0 Å². The molecule has 3 rings (SSSR count). The molecule has 1 saturated heterocycles. The number of rotatable bonds is 2. The molecule has 1 aliphatic heterocycles. The molecule has 1 N–H and O–H groups in total. The second-order valence-electron chi connectivity index (χ2n) is 4.70. The lowest BCUT2D eigenvalue weighted by molar-refractivity contribution is 0.0729. The molecule has 0 spiro atoms. The van der Waals surface area contributed by atoms with E-state index < -0.39 is 0 Å². The first-order chi connectivity index (χ1) is 9.84. The number of carbonyl (C=O) groups is 1. The molecule has 1 aliphatic rings. The molecule has 0 atom stereocenters. The molecule has 1 fully saturated rings. The van der Waals surface area contributed by atoms with E-state index in [0.29, 0.717) is 5.69 Å². The Morgan fingerprint density at radius 1 is 1.05 bits per heavy atom. The molecule has 1 aromatic carbocycles. The fourth-order valence-corrected chi connectivity index (χ4v) is 2.23. The predicted octanol–water partition coefficient (Wildman–Crippen LogP) is 1.19. The van der Waals surface area contributed by atoms with Crippen LogP contribution in [0.1, 0.15) is 10.5 Å². The van der Waals surface area contributed by atoms with E-state index in [1.807, 2.05) is 35.2 Å². The molecule has 1 aromatic heterocycles. The van der Waals surface area contributed by atoms with Gasteiger partial charge < -0.3 is 10.2 Å². The monoisotopic (exact) mass is 268 g/mol. The van der Waals surface area contributed by atoms with Crippen LogP contribution in [0.3, 0.4) is 0 Å². The lowest BCUT2D eigenvalue weighted by atomic mass is 10.2. The zero-order valence-corrected chi connectivity index (χ0v) is 11.1. The lowest BCUT2D eigenvalue weighted by Crippen LogP contribution is -2.46. The summed E-state index contributed by atoms with van der Waals surface area (Å²) in [5.41, 5.74) is 2.19. The van der Waals surface area contributed by atoms with E-state index in [4.69, 9.17) is 0 Å². The molecule has 1 amide bonds. The molecule has 102 valence electrons. The van der Waals surface area contributed by atoms with Gasteiger partial charge in [0.2, 0.25) is 0 Å². The van der Waals surface area contributed by atoms with E-state index in [0.717, 1.165) is 37.4 Å². The number of nitrogens with one attached hydrogen (secondary N) is 1. The Hall–Kier alpha value is -2.27. The van der Waals surface area contributed by atoms with Crippen molar-refractivity contribution in [3.8, 4) is 11.3 Å². The highest BCUT2D eigenvalue weighted by Gasteiger charge is 2.19. The van der Waals surface area contributed by atoms with Crippen molar-refractivity contribution in [2.75, 3.05) is 26.2 Å². The maximum Gasteiger partial charge on any atom is 0.274 e. The second-order valence-corrected chi connectivity index (χ2v) is 4.70.